The molecule has 1 atom stereocenters. The second kappa shape index (κ2) is 7.89. The van der Waals surface area contributed by atoms with Crippen molar-refractivity contribution in [3.8, 4) is 5.75 Å². The van der Waals surface area contributed by atoms with E-state index in [2.05, 4.69) is 40.9 Å². The van der Waals surface area contributed by atoms with Gasteiger partial charge in [0.15, 0.2) is 5.76 Å². The standard InChI is InChI=1S/C29H22N2O3/c1-17-22-14-23(26(32)16-27(22)34-29(17)28(33)19-9-3-2-4-10-19)25-15-24(30-31-25)21-13-7-11-18-8-5-6-12-20(18)21/h2-14,16,24,30,32H,15H2,1H3/t24-/m0/s1. The molecule has 0 bridgehead atoms. The zero-order valence-corrected chi connectivity index (χ0v) is 18.6. The van der Waals surface area contributed by atoms with E-state index in [9.17, 15) is 9.90 Å². The number of ketones is 1. The van der Waals surface area contributed by atoms with Crippen molar-refractivity contribution >= 4 is 33.2 Å². The third-order valence-electron chi connectivity index (χ3n) is 6.56. The van der Waals surface area contributed by atoms with Crippen molar-refractivity contribution in [2.45, 2.75) is 19.4 Å². The molecule has 0 saturated carbocycles. The highest BCUT2D eigenvalue weighted by molar-refractivity contribution is 6.12. The van der Waals surface area contributed by atoms with Crippen molar-refractivity contribution < 1.29 is 14.3 Å². The number of rotatable bonds is 4. The number of hydrogen-bond donors (Lipinski definition) is 2. The molecule has 5 aromatic rings. The zero-order valence-electron chi connectivity index (χ0n) is 18.6. The second-order valence-electron chi connectivity index (χ2n) is 8.63. The molecule has 4 aromatic carbocycles. The maximum absolute atomic E-state index is 13.0. The first-order chi connectivity index (χ1) is 16.6. The molecule has 34 heavy (non-hydrogen) atoms. The highest BCUT2D eigenvalue weighted by Crippen LogP contribution is 2.36. The number of carbonyl (C=O) groups is 1. The van der Waals surface area contributed by atoms with Gasteiger partial charge < -0.3 is 14.9 Å². The summed E-state index contributed by atoms with van der Waals surface area (Å²) >= 11 is 0. The number of hydrogen-bond acceptors (Lipinski definition) is 5. The molecule has 5 nitrogen and oxygen atoms in total. The van der Waals surface area contributed by atoms with Crippen LogP contribution in [0.4, 0.5) is 0 Å². The molecule has 0 aliphatic carbocycles. The van der Waals surface area contributed by atoms with Gasteiger partial charge >= 0.3 is 0 Å². The summed E-state index contributed by atoms with van der Waals surface area (Å²) in [7, 11) is 0. The largest absolute Gasteiger partial charge is 0.507 e. The lowest BCUT2D eigenvalue weighted by atomic mass is 9.94. The first kappa shape index (κ1) is 20.2. The monoisotopic (exact) mass is 446 g/mol. The lowest BCUT2D eigenvalue weighted by Crippen LogP contribution is -2.10. The summed E-state index contributed by atoms with van der Waals surface area (Å²) in [4.78, 5) is 13.0. The van der Waals surface area contributed by atoms with Crippen LogP contribution in [0.3, 0.4) is 0 Å². The lowest BCUT2D eigenvalue weighted by Gasteiger charge is -2.13. The highest BCUT2D eigenvalue weighted by Gasteiger charge is 2.26. The van der Waals surface area contributed by atoms with Gasteiger partial charge in [-0.05, 0) is 29.3 Å². The van der Waals surface area contributed by atoms with Crippen LogP contribution in [0, 0.1) is 6.92 Å². The van der Waals surface area contributed by atoms with Crippen LogP contribution < -0.4 is 5.43 Å². The minimum atomic E-state index is -0.175. The summed E-state index contributed by atoms with van der Waals surface area (Å²) in [5.41, 5.74) is 7.64. The quantitative estimate of drug-likeness (QED) is 0.319. The lowest BCUT2D eigenvalue weighted by molar-refractivity contribution is 0.101. The highest BCUT2D eigenvalue weighted by atomic mass is 16.3. The molecule has 2 N–H and O–H groups in total. The molecule has 0 unspecified atom stereocenters. The number of phenolic OH excluding ortho intramolecular Hbond substituents is 1. The van der Waals surface area contributed by atoms with Gasteiger partial charge in [0.1, 0.15) is 11.3 Å². The van der Waals surface area contributed by atoms with Crippen LogP contribution >= 0.6 is 0 Å². The molecule has 2 heterocycles. The number of nitrogens with zero attached hydrogens (tertiary/aromatic N) is 1. The number of carbonyl (C=O) groups excluding carboxylic acids is 1. The summed E-state index contributed by atoms with van der Waals surface area (Å²) in [5.74, 6) is 0.197. The number of nitrogens with one attached hydrogen (secondary N) is 1. The minimum absolute atomic E-state index is 0.0110. The predicted molar refractivity (Wildman–Crippen MR) is 133 cm³/mol. The zero-order chi connectivity index (χ0) is 23.2. The SMILES string of the molecule is Cc1c(C(=O)c2ccccc2)oc2cc(O)c(C3=NN[C@H](c4cccc5ccccc45)C3)cc12. The van der Waals surface area contributed by atoms with Gasteiger partial charge in [-0.1, -0.05) is 72.8 Å². The Morgan fingerprint density at radius 1 is 0.971 bits per heavy atom. The molecule has 1 aliphatic rings. The van der Waals surface area contributed by atoms with E-state index in [1.54, 1.807) is 18.2 Å². The molecule has 166 valence electrons. The minimum Gasteiger partial charge on any atom is -0.507 e. The maximum atomic E-state index is 13.0. The van der Waals surface area contributed by atoms with Gasteiger partial charge in [0, 0.05) is 34.6 Å². The molecule has 1 aliphatic heterocycles. The van der Waals surface area contributed by atoms with Crippen LogP contribution in [0.1, 0.15) is 45.3 Å². The molecule has 0 radical (unpaired) electrons. The maximum Gasteiger partial charge on any atom is 0.228 e. The number of benzene rings is 4. The van der Waals surface area contributed by atoms with Gasteiger partial charge in [0.2, 0.25) is 5.78 Å². The number of phenols is 1. The van der Waals surface area contributed by atoms with E-state index in [0.29, 0.717) is 23.1 Å². The number of aryl methyl sites for hydroxylation is 1. The van der Waals surface area contributed by atoms with Crippen LogP contribution in [0.2, 0.25) is 0 Å². The van der Waals surface area contributed by atoms with Crippen molar-refractivity contribution in [3.63, 3.8) is 0 Å². The summed E-state index contributed by atoms with van der Waals surface area (Å²) in [6, 6.07) is 27.1. The third-order valence-corrected chi connectivity index (χ3v) is 6.56. The van der Waals surface area contributed by atoms with Gasteiger partial charge in [0.25, 0.3) is 0 Å². The molecule has 0 fully saturated rings. The first-order valence-corrected chi connectivity index (χ1v) is 11.3. The molecule has 0 amide bonds. The van der Waals surface area contributed by atoms with Crippen LogP contribution in [0.15, 0.2) is 94.4 Å². The van der Waals surface area contributed by atoms with Gasteiger partial charge in [-0.2, -0.15) is 5.10 Å². The van der Waals surface area contributed by atoms with E-state index in [-0.39, 0.29) is 23.3 Å². The van der Waals surface area contributed by atoms with Crippen molar-refractivity contribution in [1.29, 1.82) is 0 Å². The predicted octanol–water partition coefficient (Wildman–Crippen LogP) is 6.27. The van der Waals surface area contributed by atoms with Crippen molar-refractivity contribution in [2.75, 3.05) is 0 Å². The topological polar surface area (TPSA) is 74.8 Å². The van der Waals surface area contributed by atoms with Crippen molar-refractivity contribution in [1.82, 2.24) is 5.43 Å². The van der Waals surface area contributed by atoms with E-state index in [1.165, 1.54) is 16.3 Å². The normalized spacial score (nSPS) is 15.4. The number of furan rings is 1. The van der Waals surface area contributed by atoms with Crippen molar-refractivity contribution in [3.05, 3.63) is 113 Å². The number of fused-ring (bicyclic) bond motifs is 2. The Labute approximate surface area is 196 Å². The van der Waals surface area contributed by atoms with Crippen LogP contribution in [-0.4, -0.2) is 16.6 Å². The fraction of sp³-hybridized carbons (Fsp3) is 0.103. The molecule has 1 aromatic heterocycles. The van der Waals surface area contributed by atoms with E-state index in [0.717, 1.165) is 16.7 Å². The Kier molecular flexibility index (Phi) is 4.69. The average molecular weight is 447 g/mol. The van der Waals surface area contributed by atoms with Gasteiger partial charge in [-0.25, -0.2) is 0 Å². The van der Waals surface area contributed by atoms with Crippen LogP contribution in [-0.2, 0) is 0 Å². The Morgan fingerprint density at radius 3 is 2.59 bits per heavy atom. The van der Waals surface area contributed by atoms with Gasteiger partial charge in [0.05, 0.1) is 11.8 Å². The first-order valence-electron chi connectivity index (χ1n) is 11.3. The Hall–Kier alpha value is -4.38. The van der Waals surface area contributed by atoms with Gasteiger partial charge in [-0.15, -0.1) is 0 Å². The van der Waals surface area contributed by atoms with E-state index in [4.69, 9.17) is 4.42 Å². The third kappa shape index (κ3) is 3.25. The van der Waals surface area contributed by atoms with Crippen LogP contribution in [0.5, 0.6) is 5.75 Å². The fourth-order valence-electron chi connectivity index (χ4n) is 4.77. The number of hydrazone groups is 1. The Balaban J connectivity index is 1.35. The smallest absolute Gasteiger partial charge is 0.228 e. The van der Waals surface area contributed by atoms with E-state index in [1.807, 2.05) is 43.3 Å². The second-order valence-corrected chi connectivity index (χ2v) is 8.63. The molecule has 6 rings (SSSR count). The summed E-state index contributed by atoms with van der Waals surface area (Å²) in [6.07, 6.45) is 0.639. The van der Waals surface area contributed by atoms with Gasteiger partial charge in [-0.3, -0.25) is 4.79 Å². The summed E-state index contributed by atoms with van der Waals surface area (Å²) in [5, 5.41) is 18.5. The molecule has 5 heteroatoms. The number of aromatic hydroxyl groups is 1. The van der Waals surface area contributed by atoms with Crippen molar-refractivity contribution in [2.24, 2.45) is 5.10 Å². The summed E-state index contributed by atoms with van der Waals surface area (Å²) in [6.45, 7) is 1.87. The Morgan fingerprint density at radius 2 is 1.74 bits per heavy atom. The molecular weight excluding hydrogens is 424 g/mol. The van der Waals surface area contributed by atoms with Crippen LogP contribution in [0.25, 0.3) is 21.7 Å². The average Bonchev–Trinajstić information content (AvgIpc) is 3.48. The summed E-state index contributed by atoms with van der Waals surface area (Å²) < 4.78 is 5.89. The van der Waals surface area contributed by atoms with E-state index >= 15 is 0 Å². The molecule has 0 saturated heterocycles. The Bertz CT molecular complexity index is 1590. The molecule has 0 spiro atoms. The molecular formula is C29H22N2O3. The fourth-order valence-corrected chi connectivity index (χ4v) is 4.77. The van der Waals surface area contributed by atoms with E-state index < -0.39 is 0 Å².